The molecule has 4 nitrogen and oxygen atoms in total. The van der Waals surface area contributed by atoms with Crippen molar-refractivity contribution in [3.8, 4) is 0 Å². The van der Waals surface area contributed by atoms with Crippen molar-refractivity contribution in [1.29, 1.82) is 0 Å². The van der Waals surface area contributed by atoms with Crippen LogP contribution in [-0.4, -0.2) is 16.7 Å². The third-order valence-corrected chi connectivity index (χ3v) is 2.91. The number of ketones is 1. The van der Waals surface area contributed by atoms with E-state index in [-0.39, 0.29) is 17.6 Å². The lowest BCUT2D eigenvalue weighted by Gasteiger charge is -2.06. The van der Waals surface area contributed by atoms with Crippen LogP contribution in [0, 0.1) is 5.92 Å². The van der Waals surface area contributed by atoms with E-state index in [4.69, 9.17) is 0 Å². The molecule has 0 bridgehead atoms. The number of carbonyl (C=O) groups excluding carboxylic acids is 2. The topological polar surface area (TPSA) is 59.1 Å². The smallest absolute Gasteiger partial charge is 0.228 e. The molecule has 0 aliphatic carbocycles. The highest BCUT2D eigenvalue weighted by atomic mass is 32.1. The predicted octanol–water partition coefficient (Wildman–Crippen LogP) is 2.33. The number of carbonyl (C=O) groups is 2. The van der Waals surface area contributed by atoms with Gasteiger partial charge >= 0.3 is 0 Å². The Balaban J connectivity index is 2.65. The third kappa shape index (κ3) is 3.13. The number of hydrogen-bond donors (Lipinski definition) is 1. The highest BCUT2D eigenvalue weighted by Crippen LogP contribution is 2.17. The molecule has 15 heavy (non-hydrogen) atoms. The van der Waals surface area contributed by atoms with Crippen LogP contribution in [0.2, 0.25) is 0 Å². The number of nitrogens with one attached hydrogen (secondary N) is 1. The molecule has 0 fully saturated rings. The molecule has 1 heterocycles. The van der Waals surface area contributed by atoms with Crippen molar-refractivity contribution in [2.24, 2.45) is 5.92 Å². The van der Waals surface area contributed by atoms with Crippen LogP contribution in [0.1, 0.15) is 37.7 Å². The third-order valence-electron chi connectivity index (χ3n) is 2.15. The Morgan fingerprint density at radius 1 is 1.60 bits per heavy atom. The second kappa shape index (κ2) is 5.02. The Morgan fingerprint density at radius 2 is 2.27 bits per heavy atom. The van der Waals surface area contributed by atoms with Gasteiger partial charge in [-0.05, 0) is 6.42 Å². The summed E-state index contributed by atoms with van der Waals surface area (Å²) in [5, 5.41) is 4.82. The van der Waals surface area contributed by atoms with Crippen molar-refractivity contribution in [3.63, 3.8) is 0 Å². The van der Waals surface area contributed by atoms with Gasteiger partial charge in [-0.3, -0.25) is 9.59 Å². The normalized spacial score (nSPS) is 12.2. The molecule has 0 spiro atoms. The molecule has 0 radical (unpaired) electrons. The van der Waals surface area contributed by atoms with Gasteiger partial charge < -0.3 is 5.32 Å². The molecule has 1 amide bonds. The Hall–Kier alpha value is -1.23. The predicted molar refractivity (Wildman–Crippen MR) is 60.2 cm³/mol. The molecule has 1 N–H and O–H groups in total. The molecule has 82 valence electrons. The van der Waals surface area contributed by atoms with Crippen LogP contribution in [0.3, 0.4) is 0 Å². The first-order valence-electron chi connectivity index (χ1n) is 4.82. The molecule has 0 saturated heterocycles. The molecule has 1 atom stereocenters. The van der Waals surface area contributed by atoms with Gasteiger partial charge in [-0.25, -0.2) is 4.98 Å². The fourth-order valence-corrected chi connectivity index (χ4v) is 1.66. The van der Waals surface area contributed by atoms with Crippen molar-refractivity contribution in [3.05, 3.63) is 11.1 Å². The summed E-state index contributed by atoms with van der Waals surface area (Å²) < 4.78 is 0. The molecule has 0 aliphatic rings. The molecule has 0 unspecified atom stereocenters. The van der Waals surface area contributed by atoms with Gasteiger partial charge in [0.25, 0.3) is 0 Å². The molecule has 5 heteroatoms. The number of anilines is 1. The Bertz CT molecular complexity index is 373. The zero-order valence-corrected chi connectivity index (χ0v) is 9.85. The molecule has 1 aromatic rings. The molecular formula is C10H14N2O2S. The van der Waals surface area contributed by atoms with E-state index in [1.807, 2.05) is 13.8 Å². The van der Waals surface area contributed by atoms with E-state index in [9.17, 15) is 9.59 Å². The van der Waals surface area contributed by atoms with Gasteiger partial charge in [-0.15, -0.1) is 11.3 Å². The van der Waals surface area contributed by atoms with E-state index in [0.29, 0.717) is 10.8 Å². The second-order valence-corrected chi connectivity index (χ2v) is 4.25. The zero-order chi connectivity index (χ0) is 11.4. The highest BCUT2D eigenvalue weighted by molar-refractivity contribution is 7.14. The number of Topliss-reactive ketones (excluding diaryl/α,β-unsaturated/α-hetero) is 1. The van der Waals surface area contributed by atoms with Gasteiger partial charge in [0.15, 0.2) is 10.9 Å². The molecule has 1 rings (SSSR count). The quantitative estimate of drug-likeness (QED) is 0.801. The van der Waals surface area contributed by atoms with E-state index < -0.39 is 0 Å². The Kier molecular flexibility index (Phi) is 3.96. The van der Waals surface area contributed by atoms with E-state index in [1.54, 1.807) is 5.38 Å². The van der Waals surface area contributed by atoms with Crippen molar-refractivity contribution >= 4 is 28.2 Å². The summed E-state index contributed by atoms with van der Waals surface area (Å²) in [6.07, 6.45) is 0.788. The lowest BCUT2D eigenvalue weighted by Crippen LogP contribution is -2.19. The van der Waals surface area contributed by atoms with Crippen LogP contribution in [-0.2, 0) is 4.79 Å². The van der Waals surface area contributed by atoms with Crippen molar-refractivity contribution in [1.82, 2.24) is 4.98 Å². The number of rotatable bonds is 4. The minimum absolute atomic E-state index is 0.0327. The molecular weight excluding hydrogens is 212 g/mol. The first kappa shape index (κ1) is 11.8. The van der Waals surface area contributed by atoms with E-state index in [1.165, 1.54) is 18.3 Å². The summed E-state index contributed by atoms with van der Waals surface area (Å²) in [5.74, 6) is -0.174. The summed E-state index contributed by atoms with van der Waals surface area (Å²) in [6.45, 7) is 5.26. The summed E-state index contributed by atoms with van der Waals surface area (Å²) in [4.78, 5) is 26.5. The van der Waals surface area contributed by atoms with Gasteiger partial charge in [0, 0.05) is 18.2 Å². The average molecular weight is 226 g/mol. The summed E-state index contributed by atoms with van der Waals surface area (Å²) >= 11 is 1.27. The first-order valence-corrected chi connectivity index (χ1v) is 5.69. The van der Waals surface area contributed by atoms with Gasteiger partial charge in [0.05, 0.1) is 0 Å². The van der Waals surface area contributed by atoms with E-state index in [0.717, 1.165) is 6.42 Å². The lowest BCUT2D eigenvalue weighted by atomic mass is 10.1. The summed E-state index contributed by atoms with van der Waals surface area (Å²) in [7, 11) is 0. The maximum Gasteiger partial charge on any atom is 0.228 e. The largest absolute Gasteiger partial charge is 0.302 e. The monoisotopic (exact) mass is 226 g/mol. The SMILES string of the molecule is CC[C@@H](C)C(=O)Nc1nc(C(C)=O)cs1. The fraction of sp³-hybridized carbons (Fsp3) is 0.500. The van der Waals surface area contributed by atoms with Crippen LogP contribution < -0.4 is 5.32 Å². The molecule has 0 aliphatic heterocycles. The molecule has 1 aromatic heterocycles. The van der Waals surface area contributed by atoms with Crippen molar-refractivity contribution in [2.75, 3.05) is 5.32 Å². The Labute approximate surface area is 92.7 Å². The zero-order valence-electron chi connectivity index (χ0n) is 9.03. The number of nitrogens with zero attached hydrogens (tertiary/aromatic N) is 1. The summed E-state index contributed by atoms with van der Waals surface area (Å²) in [6, 6.07) is 0. The van der Waals surface area contributed by atoms with E-state index >= 15 is 0 Å². The maximum atomic E-state index is 11.5. The number of amides is 1. The number of thiazole rings is 1. The van der Waals surface area contributed by atoms with Crippen LogP contribution in [0.25, 0.3) is 0 Å². The van der Waals surface area contributed by atoms with Gasteiger partial charge in [0.2, 0.25) is 5.91 Å². The van der Waals surface area contributed by atoms with Crippen LogP contribution in [0.4, 0.5) is 5.13 Å². The van der Waals surface area contributed by atoms with E-state index in [2.05, 4.69) is 10.3 Å². The lowest BCUT2D eigenvalue weighted by molar-refractivity contribution is -0.119. The fourth-order valence-electron chi connectivity index (χ4n) is 0.907. The minimum atomic E-state index is -0.0877. The van der Waals surface area contributed by atoms with Crippen molar-refractivity contribution < 1.29 is 9.59 Å². The van der Waals surface area contributed by atoms with Crippen molar-refractivity contribution in [2.45, 2.75) is 27.2 Å². The number of hydrogen-bond acceptors (Lipinski definition) is 4. The van der Waals surface area contributed by atoms with Crippen LogP contribution in [0.15, 0.2) is 5.38 Å². The van der Waals surface area contributed by atoms with Crippen LogP contribution >= 0.6 is 11.3 Å². The average Bonchev–Trinajstić information content (AvgIpc) is 2.65. The number of aromatic nitrogens is 1. The highest BCUT2D eigenvalue weighted by Gasteiger charge is 2.13. The second-order valence-electron chi connectivity index (χ2n) is 3.39. The standard InChI is InChI=1S/C10H14N2O2S/c1-4-6(2)9(14)12-10-11-8(5-15-10)7(3)13/h5-6H,4H2,1-3H3,(H,11,12,14)/t6-/m1/s1. The van der Waals surface area contributed by atoms with Gasteiger partial charge in [-0.1, -0.05) is 13.8 Å². The summed E-state index contributed by atoms with van der Waals surface area (Å²) in [5.41, 5.74) is 0.402. The first-order chi connectivity index (χ1) is 7.04. The maximum absolute atomic E-state index is 11.5. The van der Waals surface area contributed by atoms with Crippen LogP contribution in [0.5, 0.6) is 0 Å². The van der Waals surface area contributed by atoms with Gasteiger partial charge in [0.1, 0.15) is 5.69 Å². The molecule has 0 aromatic carbocycles. The van der Waals surface area contributed by atoms with Gasteiger partial charge in [-0.2, -0.15) is 0 Å². The Morgan fingerprint density at radius 3 is 2.73 bits per heavy atom. The molecule has 0 saturated carbocycles. The minimum Gasteiger partial charge on any atom is -0.302 e.